The highest BCUT2D eigenvalue weighted by Gasteiger charge is 2.36. The van der Waals surface area contributed by atoms with E-state index in [4.69, 9.17) is 18.9 Å². The summed E-state index contributed by atoms with van der Waals surface area (Å²) in [7, 11) is 0. The van der Waals surface area contributed by atoms with Crippen LogP contribution in [0.25, 0.3) is 0 Å². The van der Waals surface area contributed by atoms with Crippen LogP contribution in [0.1, 0.15) is 105 Å². The average molecular weight is 937 g/mol. The summed E-state index contributed by atoms with van der Waals surface area (Å²) in [6.07, 6.45) is -1.18. The van der Waals surface area contributed by atoms with E-state index >= 15 is 0 Å². The summed E-state index contributed by atoms with van der Waals surface area (Å²) >= 11 is 1.90. The normalized spacial score (nSPS) is 16.5. The summed E-state index contributed by atoms with van der Waals surface area (Å²) in [6, 6.07) is 3.01. The number of esters is 2. The Kier molecular flexibility index (Phi) is 16.0. The van der Waals surface area contributed by atoms with Crippen molar-refractivity contribution in [3.63, 3.8) is 0 Å². The fourth-order valence-corrected chi connectivity index (χ4v) is 6.60. The van der Waals surface area contributed by atoms with E-state index in [0.717, 1.165) is 0 Å². The van der Waals surface area contributed by atoms with Crippen molar-refractivity contribution in [1.29, 1.82) is 0 Å². The first-order chi connectivity index (χ1) is 26.5. The SMILES string of the molecule is CC(C)(C)OC(=O)C(c1cc(I)cc(C(=O)Oc2c(F)c(F)cc(F)c2F)c1)N1CCN(C(=O)OC(C)(C)C)CCN(C(=O)OC(C)(C)C)CCN(C(C)(C)C)CC1. The number of benzene rings is 2. The van der Waals surface area contributed by atoms with Crippen molar-refractivity contribution in [2.75, 3.05) is 52.4 Å². The maximum absolute atomic E-state index is 14.5. The zero-order chi connectivity index (χ0) is 44.1. The molecule has 1 fully saturated rings. The largest absolute Gasteiger partial charge is 0.459 e. The minimum absolute atomic E-state index is 0.00386. The van der Waals surface area contributed by atoms with Crippen LogP contribution in [0.15, 0.2) is 24.3 Å². The third-order valence-electron chi connectivity index (χ3n) is 8.58. The van der Waals surface area contributed by atoms with E-state index in [2.05, 4.69) is 4.90 Å². The van der Waals surface area contributed by atoms with E-state index in [1.165, 1.54) is 17.0 Å². The molecule has 1 aliphatic rings. The van der Waals surface area contributed by atoms with E-state index < -0.39 is 81.5 Å². The molecular weight excluding hydrogens is 879 g/mol. The highest BCUT2D eigenvalue weighted by Crippen LogP contribution is 2.31. The molecule has 0 N–H and O–H groups in total. The number of hydrogen-bond acceptors (Lipinski definition) is 10. The van der Waals surface area contributed by atoms with Crippen molar-refractivity contribution in [1.82, 2.24) is 19.6 Å². The van der Waals surface area contributed by atoms with Gasteiger partial charge in [0, 0.05) is 67.5 Å². The first-order valence-electron chi connectivity index (χ1n) is 19.0. The molecule has 324 valence electrons. The number of amides is 2. The second kappa shape index (κ2) is 19.1. The summed E-state index contributed by atoms with van der Waals surface area (Å²) in [6.45, 7) is 23.1. The van der Waals surface area contributed by atoms with Crippen LogP contribution in [-0.2, 0) is 19.0 Å². The van der Waals surface area contributed by atoms with Crippen LogP contribution < -0.4 is 4.74 Å². The lowest BCUT2D eigenvalue weighted by Crippen LogP contribution is -2.54. The topological polar surface area (TPSA) is 118 Å². The van der Waals surface area contributed by atoms with Gasteiger partial charge in [-0.15, -0.1) is 0 Å². The van der Waals surface area contributed by atoms with Crippen LogP contribution in [0, 0.1) is 26.8 Å². The molecule has 0 bridgehead atoms. The number of carbonyl (C=O) groups is 4. The van der Waals surface area contributed by atoms with Gasteiger partial charge in [-0.05, 0) is 129 Å². The van der Waals surface area contributed by atoms with Gasteiger partial charge in [-0.25, -0.2) is 28.0 Å². The first-order valence-corrected chi connectivity index (χ1v) is 20.1. The Balaban J connectivity index is 2.17. The minimum atomic E-state index is -1.89. The molecular formula is C41H57F4IN4O8. The van der Waals surface area contributed by atoms with Crippen LogP contribution in [0.5, 0.6) is 5.75 Å². The molecule has 3 rings (SSSR count). The van der Waals surface area contributed by atoms with Crippen LogP contribution >= 0.6 is 22.6 Å². The second-order valence-electron chi connectivity index (χ2n) is 18.0. The Bertz CT molecular complexity index is 1790. The Morgan fingerprint density at radius 3 is 1.50 bits per heavy atom. The van der Waals surface area contributed by atoms with E-state index in [1.54, 1.807) is 78.2 Å². The summed E-state index contributed by atoms with van der Waals surface area (Å²) in [5.74, 6) is -10.9. The van der Waals surface area contributed by atoms with Crippen LogP contribution in [0.4, 0.5) is 27.2 Å². The highest BCUT2D eigenvalue weighted by molar-refractivity contribution is 14.1. The van der Waals surface area contributed by atoms with E-state index in [0.29, 0.717) is 16.7 Å². The van der Waals surface area contributed by atoms with Gasteiger partial charge in [-0.2, -0.15) is 8.78 Å². The molecule has 2 aromatic carbocycles. The molecule has 0 radical (unpaired) electrons. The van der Waals surface area contributed by atoms with Crippen molar-refractivity contribution in [2.24, 2.45) is 0 Å². The fourth-order valence-electron chi connectivity index (χ4n) is 5.91. The summed E-state index contributed by atoms with van der Waals surface area (Å²) in [4.78, 5) is 61.8. The molecule has 2 amide bonds. The van der Waals surface area contributed by atoms with Gasteiger partial charge in [0.2, 0.25) is 17.4 Å². The molecule has 1 heterocycles. The van der Waals surface area contributed by atoms with Gasteiger partial charge in [-0.1, -0.05) is 0 Å². The number of ether oxygens (including phenoxy) is 4. The predicted octanol–water partition coefficient (Wildman–Crippen LogP) is 8.34. The van der Waals surface area contributed by atoms with Gasteiger partial charge < -0.3 is 28.7 Å². The fraction of sp³-hybridized carbons (Fsp3) is 0.610. The molecule has 0 saturated carbocycles. The zero-order valence-electron chi connectivity index (χ0n) is 35.5. The molecule has 0 spiro atoms. The number of nitrogens with zero attached hydrogens (tertiary/aromatic N) is 4. The van der Waals surface area contributed by atoms with Gasteiger partial charge in [-0.3, -0.25) is 9.80 Å². The first kappa shape index (κ1) is 48.7. The van der Waals surface area contributed by atoms with Gasteiger partial charge in [0.1, 0.15) is 22.8 Å². The molecule has 17 heteroatoms. The lowest BCUT2D eigenvalue weighted by molar-refractivity contribution is -0.162. The van der Waals surface area contributed by atoms with Crippen LogP contribution in [-0.4, -0.2) is 118 Å². The highest BCUT2D eigenvalue weighted by atomic mass is 127. The summed E-state index contributed by atoms with van der Waals surface area (Å²) in [5, 5.41) is 0. The lowest BCUT2D eigenvalue weighted by Gasteiger charge is -2.41. The number of rotatable bonds is 5. The van der Waals surface area contributed by atoms with Crippen molar-refractivity contribution in [3.8, 4) is 5.75 Å². The number of hydrogen-bond donors (Lipinski definition) is 0. The quantitative estimate of drug-likeness (QED) is 0.0724. The smallest absolute Gasteiger partial charge is 0.410 e. The molecule has 0 aliphatic carbocycles. The van der Waals surface area contributed by atoms with Crippen molar-refractivity contribution < 1.29 is 55.7 Å². The number of halogens is 5. The average Bonchev–Trinajstić information content (AvgIpc) is 3.03. The Hall–Kier alpha value is -3.71. The minimum Gasteiger partial charge on any atom is -0.459 e. The van der Waals surface area contributed by atoms with Crippen molar-refractivity contribution >= 4 is 46.7 Å². The molecule has 1 saturated heterocycles. The molecule has 2 aromatic rings. The van der Waals surface area contributed by atoms with Gasteiger partial charge in [0.25, 0.3) is 0 Å². The molecule has 1 unspecified atom stereocenters. The zero-order valence-corrected chi connectivity index (χ0v) is 37.6. The van der Waals surface area contributed by atoms with Gasteiger partial charge >= 0.3 is 24.1 Å². The third-order valence-corrected chi connectivity index (χ3v) is 9.20. The van der Waals surface area contributed by atoms with E-state index in [9.17, 15) is 36.7 Å². The lowest BCUT2D eigenvalue weighted by atomic mass is 10.0. The molecule has 0 aromatic heterocycles. The summed E-state index contributed by atoms with van der Waals surface area (Å²) < 4.78 is 79.7. The maximum Gasteiger partial charge on any atom is 0.410 e. The molecule has 58 heavy (non-hydrogen) atoms. The Morgan fingerprint density at radius 2 is 1.03 bits per heavy atom. The second-order valence-corrected chi connectivity index (χ2v) is 19.3. The Labute approximate surface area is 352 Å². The van der Waals surface area contributed by atoms with Crippen molar-refractivity contribution in [3.05, 3.63) is 62.2 Å². The monoisotopic (exact) mass is 936 g/mol. The Morgan fingerprint density at radius 1 is 0.603 bits per heavy atom. The van der Waals surface area contributed by atoms with Gasteiger partial charge in [0.15, 0.2) is 11.6 Å². The van der Waals surface area contributed by atoms with E-state index in [1.807, 2.05) is 43.4 Å². The third kappa shape index (κ3) is 14.5. The van der Waals surface area contributed by atoms with Crippen LogP contribution in [0.3, 0.4) is 0 Å². The number of carbonyl (C=O) groups excluding carboxylic acids is 4. The maximum atomic E-state index is 14.5. The molecule has 1 aliphatic heterocycles. The van der Waals surface area contributed by atoms with Gasteiger partial charge in [0.05, 0.1) is 5.56 Å². The standard InChI is InChI=1S/C41H57F4IN4O8/c1-38(2,3)50-19-17-47(13-14-48(36(53)57-40(7,8)9)15-16-49(18-20-50)37(54)58-41(10,11)12)32(35(52)56-39(4,5)6)25-21-26(23-27(46)22-25)34(51)55-33-30(44)28(42)24-29(43)31(33)45/h21-24,32H,13-20H2,1-12H3. The molecule has 12 nitrogen and oxygen atoms in total. The predicted molar refractivity (Wildman–Crippen MR) is 217 cm³/mol. The molecule has 1 atom stereocenters. The van der Waals surface area contributed by atoms with Crippen molar-refractivity contribution in [2.45, 2.75) is 111 Å². The van der Waals surface area contributed by atoms with Crippen LogP contribution in [0.2, 0.25) is 0 Å². The summed E-state index contributed by atoms with van der Waals surface area (Å²) in [5.41, 5.74) is -3.04. The van der Waals surface area contributed by atoms with E-state index in [-0.39, 0.29) is 56.5 Å².